The van der Waals surface area contributed by atoms with Crippen LogP contribution in [0.5, 0.6) is 0 Å². The van der Waals surface area contributed by atoms with Crippen LogP contribution in [0.1, 0.15) is 31.2 Å². The summed E-state index contributed by atoms with van der Waals surface area (Å²) in [5, 5.41) is 9.29. The SMILES string of the molecule is CCC1CCN(CC(C#N)c2ccccc2)C1. The van der Waals surface area contributed by atoms with Crippen molar-refractivity contribution in [2.45, 2.75) is 25.7 Å². The molecule has 0 bridgehead atoms. The number of likely N-dealkylation sites (tertiary alicyclic amines) is 1. The zero-order chi connectivity index (χ0) is 12.1. The lowest BCUT2D eigenvalue weighted by atomic mass is 10.0. The zero-order valence-electron chi connectivity index (χ0n) is 10.5. The average molecular weight is 228 g/mol. The van der Waals surface area contributed by atoms with E-state index >= 15 is 0 Å². The Hall–Kier alpha value is -1.33. The van der Waals surface area contributed by atoms with Crippen LogP contribution in [-0.4, -0.2) is 24.5 Å². The molecule has 90 valence electrons. The quantitative estimate of drug-likeness (QED) is 0.792. The van der Waals surface area contributed by atoms with Crippen LogP contribution in [0.4, 0.5) is 0 Å². The molecular weight excluding hydrogens is 208 g/mol. The van der Waals surface area contributed by atoms with Gasteiger partial charge in [0.05, 0.1) is 12.0 Å². The van der Waals surface area contributed by atoms with Gasteiger partial charge in [0.15, 0.2) is 0 Å². The normalized spacial score (nSPS) is 22.2. The monoisotopic (exact) mass is 228 g/mol. The lowest BCUT2D eigenvalue weighted by Crippen LogP contribution is -2.26. The van der Waals surface area contributed by atoms with Gasteiger partial charge in [-0.15, -0.1) is 0 Å². The first-order valence-corrected chi connectivity index (χ1v) is 6.50. The maximum absolute atomic E-state index is 9.29. The summed E-state index contributed by atoms with van der Waals surface area (Å²) >= 11 is 0. The van der Waals surface area contributed by atoms with Crippen LogP contribution in [0.3, 0.4) is 0 Å². The summed E-state index contributed by atoms with van der Waals surface area (Å²) in [7, 11) is 0. The predicted molar refractivity (Wildman–Crippen MR) is 69.6 cm³/mol. The first-order chi connectivity index (χ1) is 8.33. The van der Waals surface area contributed by atoms with Crippen molar-refractivity contribution < 1.29 is 0 Å². The molecule has 1 heterocycles. The lowest BCUT2D eigenvalue weighted by molar-refractivity contribution is 0.316. The van der Waals surface area contributed by atoms with Crippen LogP contribution in [0.25, 0.3) is 0 Å². The summed E-state index contributed by atoms with van der Waals surface area (Å²) < 4.78 is 0. The molecule has 0 N–H and O–H groups in total. The van der Waals surface area contributed by atoms with Crippen LogP contribution in [-0.2, 0) is 0 Å². The molecule has 2 rings (SSSR count). The molecule has 1 fully saturated rings. The highest BCUT2D eigenvalue weighted by Gasteiger charge is 2.23. The van der Waals surface area contributed by atoms with Gasteiger partial charge < -0.3 is 4.90 Å². The van der Waals surface area contributed by atoms with E-state index in [9.17, 15) is 5.26 Å². The van der Waals surface area contributed by atoms with E-state index in [1.165, 1.54) is 19.4 Å². The Bertz CT molecular complexity index is 380. The number of nitrogens with zero attached hydrogens (tertiary/aromatic N) is 2. The smallest absolute Gasteiger partial charge is 0.0839 e. The Balaban J connectivity index is 1.96. The van der Waals surface area contributed by atoms with Gasteiger partial charge in [-0.05, 0) is 24.4 Å². The Kier molecular flexibility index (Phi) is 4.17. The van der Waals surface area contributed by atoms with E-state index in [2.05, 4.69) is 30.0 Å². The second-order valence-corrected chi connectivity index (χ2v) is 4.91. The maximum Gasteiger partial charge on any atom is 0.0839 e. The summed E-state index contributed by atoms with van der Waals surface area (Å²) in [4.78, 5) is 2.44. The van der Waals surface area contributed by atoms with Crippen LogP contribution in [0.2, 0.25) is 0 Å². The van der Waals surface area contributed by atoms with Crippen molar-refractivity contribution in [2.75, 3.05) is 19.6 Å². The molecule has 0 aliphatic carbocycles. The van der Waals surface area contributed by atoms with Crippen molar-refractivity contribution in [3.05, 3.63) is 35.9 Å². The molecule has 0 amide bonds. The van der Waals surface area contributed by atoms with Gasteiger partial charge in [-0.2, -0.15) is 5.26 Å². The van der Waals surface area contributed by atoms with E-state index in [4.69, 9.17) is 0 Å². The second-order valence-electron chi connectivity index (χ2n) is 4.91. The van der Waals surface area contributed by atoms with E-state index in [-0.39, 0.29) is 5.92 Å². The molecule has 1 aliphatic heterocycles. The number of benzene rings is 1. The minimum absolute atomic E-state index is 0.0202. The van der Waals surface area contributed by atoms with Gasteiger partial charge in [0, 0.05) is 13.1 Å². The van der Waals surface area contributed by atoms with Crippen molar-refractivity contribution in [3.8, 4) is 6.07 Å². The minimum atomic E-state index is 0.0202. The van der Waals surface area contributed by atoms with Gasteiger partial charge in [0.2, 0.25) is 0 Å². The van der Waals surface area contributed by atoms with Gasteiger partial charge in [0.1, 0.15) is 0 Å². The van der Waals surface area contributed by atoms with E-state index in [0.717, 1.165) is 24.6 Å². The molecule has 2 unspecified atom stereocenters. The highest BCUT2D eigenvalue weighted by atomic mass is 15.1. The first-order valence-electron chi connectivity index (χ1n) is 6.50. The number of hydrogen-bond acceptors (Lipinski definition) is 2. The average Bonchev–Trinajstić information content (AvgIpc) is 2.84. The van der Waals surface area contributed by atoms with Crippen LogP contribution in [0.15, 0.2) is 30.3 Å². The van der Waals surface area contributed by atoms with E-state index < -0.39 is 0 Å². The fraction of sp³-hybridized carbons (Fsp3) is 0.533. The summed E-state index contributed by atoms with van der Waals surface area (Å²) in [6.45, 7) is 5.47. The summed E-state index contributed by atoms with van der Waals surface area (Å²) in [6, 6.07) is 12.6. The predicted octanol–water partition coefficient (Wildman–Crippen LogP) is 3.03. The minimum Gasteiger partial charge on any atom is -0.301 e. The van der Waals surface area contributed by atoms with Crippen molar-refractivity contribution in [3.63, 3.8) is 0 Å². The molecule has 0 radical (unpaired) electrons. The fourth-order valence-electron chi connectivity index (χ4n) is 2.58. The Labute approximate surface area is 104 Å². The third kappa shape index (κ3) is 3.08. The molecule has 1 saturated heterocycles. The number of nitriles is 1. The number of rotatable bonds is 4. The summed E-state index contributed by atoms with van der Waals surface area (Å²) in [6.07, 6.45) is 2.56. The molecule has 2 nitrogen and oxygen atoms in total. The Morgan fingerprint density at radius 1 is 1.41 bits per heavy atom. The van der Waals surface area contributed by atoms with E-state index in [1.54, 1.807) is 0 Å². The Morgan fingerprint density at radius 2 is 2.18 bits per heavy atom. The molecule has 2 heteroatoms. The highest BCUT2D eigenvalue weighted by molar-refractivity contribution is 5.25. The molecule has 0 saturated carbocycles. The molecule has 0 aromatic heterocycles. The van der Waals surface area contributed by atoms with Crippen LogP contribution >= 0.6 is 0 Å². The molecular formula is C15H20N2. The largest absolute Gasteiger partial charge is 0.301 e. The van der Waals surface area contributed by atoms with Crippen LogP contribution < -0.4 is 0 Å². The lowest BCUT2D eigenvalue weighted by Gasteiger charge is -2.19. The Morgan fingerprint density at radius 3 is 2.76 bits per heavy atom. The highest BCUT2D eigenvalue weighted by Crippen LogP contribution is 2.23. The van der Waals surface area contributed by atoms with Crippen molar-refractivity contribution in [1.82, 2.24) is 4.90 Å². The summed E-state index contributed by atoms with van der Waals surface area (Å²) in [5.74, 6) is 0.858. The topological polar surface area (TPSA) is 27.0 Å². The van der Waals surface area contributed by atoms with Gasteiger partial charge in [0.25, 0.3) is 0 Å². The first kappa shape index (κ1) is 12.1. The van der Waals surface area contributed by atoms with Gasteiger partial charge in [-0.1, -0.05) is 43.7 Å². The second kappa shape index (κ2) is 5.84. The summed E-state index contributed by atoms with van der Waals surface area (Å²) in [5.41, 5.74) is 1.15. The van der Waals surface area contributed by atoms with Gasteiger partial charge in [-0.25, -0.2) is 0 Å². The number of hydrogen-bond donors (Lipinski definition) is 0. The molecule has 2 atom stereocenters. The van der Waals surface area contributed by atoms with Crippen molar-refractivity contribution in [1.29, 1.82) is 5.26 Å². The third-order valence-electron chi connectivity index (χ3n) is 3.75. The molecule has 1 aromatic rings. The van der Waals surface area contributed by atoms with Crippen LogP contribution in [0, 0.1) is 17.2 Å². The van der Waals surface area contributed by atoms with Gasteiger partial charge >= 0.3 is 0 Å². The van der Waals surface area contributed by atoms with E-state index in [0.29, 0.717) is 0 Å². The van der Waals surface area contributed by atoms with Crippen molar-refractivity contribution in [2.24, 2.45) is 5.92 Å². The molecule has 17 heavy (non-hydrogen) atoms. The fourth-order valence-corrected chi connectivity index (χ4v) is 2.58. The maximum atomic E-state index is 9.29. The zero-order valence-corrected chi connectivity index (χ0v) is 10.5. The third-order valence-corrected chi connectivity index (χ3v) is 3.75. The standard InChI is InChI=1S/C15H20N2/c1-2-13-8-9-17(11-13)12-15(10-16)14-6-4-3-5-7-14/h3-7,13,15H,2,8-9,11-12H2,1H3. The van der Waals surface area contributed by atoms with E-state index in [1.807, 2.05) is 18.2 Å². The molecule has 1 aliphatic rings. The molecule has 0 spiro atoms. The van der Waals surface area contributed by atoms with Gasteiger partial charge in [-0.3, -0.25) is 0 Å². The molecule has 1 aromatic carbocycles. The van der Waals surface area contributed by atoms with Crippen molar-refractivity contribution >= 4 is 0 Å².